The number of anilines is 2. The van der Waals surface area contributed by atoms with Crippen LogP contribution in [0.25, 0.3) is 0 Å². The summed E-state index contributed by atoms with van der Waals surface area (Å²) in [4.78, 5) is 11.5. The summed E-state index contributed by atoms with van der Waals surface area (Å²) in [5, 5.41) is 11.7. The van der Waals surface area contributed by atoms with E-state index in [0.717, 1.165) is 43.1 Å². The Morgan fingerprint density at radius 3 is 2.58 bits per heavy atom. The Morgan fingerprint density at radius 1 is 1.04 bits per heavy atom. The van der Waals surface area contributed by atoms with Gasteiger partial charge in [-0.15, -0.1) is 5.10 Å². The van der Waals surface area contributed by atoms with Gasteiger partial charge in [-0.05, 0) is 49.8 Å². The van der Waals surface area contributed by atoms with Crippen LogP contribution in [-0.4, -0.2) is 33.3 Å². The van der Waals surface area contributed by atoms with Crippen LogP contribution >= 0.6 is 0 Å². The van der Waals surface area contributed by atoms with Crippen LogP contribution in [0.4, 0.5) is 11.8 Å². The molecule has 0 amide bonds. The van der Waals surface area contributed by atoms with E-state index in [1.54, 1.807) is 0 Å². The summed E-state index contributed by atoms with van der Waals surface area (Å²) in [5.41, 5.74) is 3.20. The van der Waals surface area contributed by atoms with Crippen molar-refractivity contribution in [2.75, 3.05) is 23.3 Å². The van der Waals surface area contributed by atoms with Gasteiger partial charge in [0.2, 0.25) is 5.95 Å². The van der Waals surface area contributed by atoms with Gasteiger partial charge in [0.25, 0.3) is 0 Å². The molecule has 1 saturated heterocycles. The van der Waals surface area contributed by atoms with E-state index in [1.165, 1.54) is 24.8 Å². The van der Waals surface area contributed by atoms with Crippen molar-refractivity contribution in [3.05, 3.63) is 35.3 Å². The molecule has 3 rings (SSSR count). The summed E-state index contributed by atoms with van der Waals surface area (Å²) in [6.45, 7) is 7.07. The van der Waals surface area contributed by atoms with Crippen molar-refractivity contribution < 1.29 is 0 Å². The Morgan fingerprint density at radius 2 is 1.83 bits per heavy atom. The van der Waals surface area contributed by atoms with E-state index in [1.807, 2.05) is 12.3 Å². The molecular formula is C18H26N6. The fraction of sp³-hybridized carbons (Fsp3) is 0.556. The summed E-state index contributed by atoms with van der Waals surface area (Å²) >= 11 is 0. The van der Waals surface area contributed by atoms with Crippen LogP contribution in [0, 0.1) is 0 Å². The van der Waals surface area contributed by atoms with Gasteiger partial charge in [-0.25, -0.2) is 9.97 Å². The first kappa shape index (κ1) is 16.6. The van der Waals surface area contributed by atoms with Crippen molar-refractivity contribution in [1.29, 1.82) is 0 Å². The van der Waals surface area contributed by atoms with Crippen LogP contribution < -0.4 is 10.2 Å². The number of hydrogen-bond donors (Lipinski definition) is 1. The number of pyridine rings is 1. The van der Waals surface area contributed by atoms with Crippen molar-refractivity contribution in [3.63, 3.8) is 0 Å². The molecule has 0 atom stereocenters. The SMILES string of the molecule is CCc1nnc(NCc2ccnc(N3CCCCC3)c2)nc1CC. The lowest BCUT2D eigenvalue weighted by Gasteiger charge is -2.27. The number of nitrogens with zero attached hydrogens (tertiary/aromatic N) is 5. The van der Waals surface area contributed by atoms with E-state index in [9.17, 15) is 0 Å². The van der Waals surface area contributed by atoms with Gasteiger partial charge in [0.05, 0.1) is 11.4 Å². The first-order valence-electron chi connectivity index (χ1n) is 8.96. The zero-order valence-electron chi connectivity index (χ0n) is 14.6. The average molecular weight is 326 g/mol. The smallest absolute Gasteiger partial charge is 0.243 e. The molecule has 128 valence electrons. The van der Waals surface area contributed by atoms with Crippen LogP contribution in [0.5, 0.6) is 0 Å². The van der Waals surface area contributed by atoms with E-state index < -0.39 is 0 Å². The number of nitrogens with one attached hydrogen (secondary N) is 1. The zero-order chi connectivity index (χ0) is 16.8. The molecule has 2 aromatic heterocycles. The van der Waals surface area contributed by atoms with Gasteiger partial charge in [0.15, 0.2) is 0 Å². The van der Waals surface area contributed by atoms with E-state index >= 15 is 0 Å². The third kappa shape index (κ3) is 3.99. The Kier molecular flexibility index (Phi) is 5.56. The molecule has 1 N–H and O–H groups in total. The minimum absolute atomic E-state index is 0.598. The maximum Gasteiger partial charge on any atom is 0.243 e. The molecule has 0 aromatic carbocycles. The van der Waals surface area contributed by atoms with Crippen molar-refractivity contribution >= 4 is 11.8 Å². The van der Waals surface area contributed by atoms with Crippen LogP contribution in [0.1, 0.15) is 50.1 Å². The molecule has 0 bridgehead atoms. The van der Waals surface area contributed by atoms with Gasteiger partial charge >= 0.3 is 0 Å². The van der Waals surface area contributed by atoms with Crippen molar-refractivity contribution in [2.24, 2.45) is 0 Å². The minimum atomic E-state index is 0.598. The van der Waals surface area contributed by atoms with Gasteiger partial charge in [-0.2, -0.15) is 5.10 Å². The molecule has 1 aliphatic heterocycles. The lowest BCUT2D eigenvalue weighted by atomic mass is 10.1. The maximum atomic E-state index is 4.58. The molecule has 0 saturated carbocycles. The third-order valence-corrected chi connectivity index (χ3v) is 4.45. The topological polar surface area (TPSA) is 66.8 Å². The Labute approximate surface area is 143 Å². The molecule has 0 aliphatic carbocycles. The summed E-state index contributed by atoms with van der Waals surface area (Å²) in [6, 6.07) is 4.20. The lowest BCUT2D eigenvalue weighted by molar-refractivity contribution is 0.573. The number of rotatable bonds is 6. The Balaban J connectivity index is 1.66. The molecule has 6 nitrogen and oxygen atoms in total. The Bertz CT molecular complexity index is 666. The first-order valence-corrected chi connectivity index (χ1v) is 8.96. The number of aromatic nitrogens is 4. The quantitative estimate of drug-likeness (QED) is 0.880. The summed E-state index contributed by atoms with van der Waals surface area (Å²) in [6.07, 6.45) is 7.47. The number of piperidine rings is 1. The standard InChI is InChI=1S/C18H26N6/c1-3-15-16(4-2)22-23-18(21-15)20-13-14-8-9-19-17(12-14)24-10-6-5-7-11-24/h8-9,12H,3-7,10-11,13H2,1-2H3,(H,20,21,23). The summed E-state index contributed by atoms with van der Waals surface area (Å²) in [5.74, 6) is 1.67. The fourth-order valence-corrected chi connectivity index (χ4v) is 3.06. The van der Waals surface area contributed by atoms with Crippen LogP contribution in [-0.2, 0) is 19.4 Å². The Hall–Kier alpha value is -2.24. The molecule has 1 fully saturated rings. The minimum Gasteiger partial charge on any atom is -0.357 e. The van der Waals surface area contributed by atoms with Crippen molar-refractivity contribution in [2.45, 2.75) is 52.5 Å². The highest BCUT2D eigenvalue weighted by Gasteiger charge is 2.12. The van der Waals surface area contributed by atoms with Crippen molar-refractivity contribution in [1.82, 2.24) is 20.2 Å². The molecular weight excluding hydrogens is 300 g/mol. The lowest BCUT2D eigenvalue weighted by Crippen LogP contribution is -2.30. The van der Waals surface area contributed by atoms with Gasteiger partial charge < -0.3 is 10.2 Å². The van der Waals surface area contributed by atoms with Gasteiger partial charge in [0, 0.05) is 25.8 Å². The second-order valence-corrected chi connectivity index (χ2v) is 6.16. The first-order chi connectivity index (χ1) is 11.8. The second-order valence-electron chi connectivity index (χ2n) is 6.16. The van der Waals surface area contributed by atoms with E-state index in [4.69, 9.17) is 0 Å². The van der Waals surface area contributed by atoms with Crippen LogP contribution in [0.2, 0.25) is 0 Å². The van der Waals surface area contributed by atoms with E-state index in [-0.39, 0.29) is 0 Å². The monoisotopic (exact) mass is 326 g/mol. The van der Waals surface area contributed by atoms with Gasteiger partial charge in [-0.1, -0.05) is 13.8 Å². The van der Waals surface area contributed by atoms with Crippen molar-refractivity contribution in [3.8, 4) is 0 Å². The average Bonchev–Trinajstić information content (AvgIpc) is 2.67. The summed E-state index contributed by atoms with van der Waals surface area (Å²) in [7, 11) is 0. The molecule has 24 heavy (non-hydrogen) atoms. The van der Waals surface area contributed by atoms with Gasteiger partial charge in [-0.3, -0.25) is 0 Å². The van der Waals surface area contributed by atoms with E-state index in [0.29, 0.717) is 12.5 Å². The largest absolute Gasteiger partial charge is 0.357 e. The highest BCUT2D eigenvalue weighted by atomic mass is 15.2. The molecule has 0 spiro atoms. The van der Waals surface area contributed by atoms with E-state index in [2.05, 4.69) is 50.3 Å². The fourth-order valence-electron chi connectivity index (χ4n) is 3.06. The molecule has 6 heteroatoms. The normalized spacial score (nSPS) is 14.7. The van der Waals surface area contributed by atoms with Gasteiger partial charge in [0.1, 0.15) is 5.82 Å². The van der Waals surface area contributed by atoms with Crippen LogP contribution in [0.15, 0.2) is 18.3 Å². The number of hydrogen-bond acceptors (Lipinski definition) is 6. The molecule has 3 heterocycles. The highest BCUT2D eigenvalue weighted by molar-refractivity contribution is 5.42. The molecule has 0 unspecified atom stereocenters. The predicted octanol–water partition coefficient (Wildman–Crippen LogP) is 2.99. The zero-order valence-corrected chi connectivity index (χ0v) is 14.6. The number of aryl methyl sites for hydroxylation is 2. The van der Waals surface area contributed by atoms with Crippen LogP contribution in [0.3, 0.4) is 0 Å². The highest BCUT2D eigenvalue weighted by Crippen LogP contribution is 2.18. The molecule has 2 aromatic rings. The molecule has 1 aliphatic rings. The second kappa shape index (κ2) is 8.04. The predicted molar refractivity (Wildman–Crippen MR) is 96.2 cm³/mol. The third-order valence-electron chi connectivity index (χ3n) is 4.45. The summed E-state index contributed by atoms with van der Waals surface area (Å²) < 4.78 is 0. The molecule has 0 radical (unpaired) electrons. The maximum absolute atomic E-state index is 4.58.